The summed E-state index contributed by atoms with van der Waals surface area (Å²) < 4.78 is 73.7. The molecule has 1 amide bonds. The highest BCUT2D eigenvalue weighted by Gasteiger charge is 2.39. The van der Waals surface area contributed by atoms with Gasteiger partial charge in [-0.1, -0.05) is 19.8 Å². The number of hydrogen-bond acceptors (Lipinski definition) is 8. The van der Waals surface area contributed by atoms with E-state index in [-0.39, 0.29) is 28.1 Å². The minimum absolute atomic E-state index is 0.0880. The van der Waals surface area contributed by atoms with Crippen molar-refractivity contribution in [2.24, 2.45) is 13.0 Å². The average Bonchev–Trinajstić information content (AvgIpc) is 3.58. The quantitative estimate of drug-likeness (QED) is 0.281. The number of aromatic nitrogens is 5. The molecule has 0 radical (unpaired) electrons. The number of unbranched alkanes of at least 4 members (excludes halogenated alkanes) is 3. The number of sulfonamides is 1. The molecular weight excluding hydrogens is 587 g/mol. The Morgan fingerprint density at radius 2 is 1.86 bits per heavy atom. The SMILES string of the molecule is Cc1nn(C)cc1S(=O)(=O)NC(=O)c1ccc(-n2ccc(OCCCCCCC(F)(F)F)n2)nc1N1C[C@@H](C)CC1(C)C. The number of nitrogens with zero attached hydrogens (tertiary/aromatic N) is 6. The second-order valence-electron chi connectivity index (χ2n) is 11.7. The Balaban J connectivity index is 1.52. The van der Waals surface area contributed by atoms with Gasteiger partial charge in [-0.3, -0.25) is 9.48 Å². The van der Waals surface area contributed by atoms with Crippen molar-refractivity contribution < 1.29 is 31.1 Å². The Hall–Kier alpha value is -3.62. The van der Waals surface area contributed by atoms with Gasteiger partial charge in [-0.25, -0.2) is 22.8 Å². The van der Waals surface area contributed by atoms with Crippen LogP contribution in [0.15, 0.2) is 35.5 Å². The maximum Gasteiger partial charge on any atom is 0.389 e. The fourth-order valence-electron chi connectivity index (χ4n) is 5.45. The summed E-state index contributed by atoms with van der Waals surface area (Å²) in [5.74, 6) is 0.561. The maximum atomic E-state index is 13.5. The molecule has 1 fully saturated rings. The standard InChI is InChI=1S/C28H38F3N7O4S/c1-19-16-27(3,4)37(17-19)25-21(26(39)35-43(40,41)22-18-36(5)33-20(22)2)10-11-23(32-25)38-14-12-24(34-38)42-15-9-7-6-8-13-28(29,30)31/h10-12,14,18-19H,6-9,13,15-17H2,1-5H3,(H,35,39)/t19-/m0/s1. The first-order chi connectivity index (χ1) is 20.1. The molecule has 1 saturated heterocycles. The van der Waals surface area contributed by atoms with E-state index in [2.05, 4.69) is 21.8 Å². The highest BCUT2D eigenvalue weighted by molar-refractivity contribution is 7.90. The van der Waals surface area contributed by atoms with Gasteiger partial charge in [0, 0.05) is 44.0 Å². The van der Waals surface area contributed by atoms with E-state index in [0.717, 1.165) is 6.42 Å². The molecule has 4 rings (SSSR count). The van der Waals surface area contributed by atoms with Gasteiger partial charge in [0.05, 0.1) is 17.9 Å². The Bertz CT molecular complexity index is 1550. The molecule has 0 aromatic carbocycles. The summed E-state index contributed by atoms with van der Waals surface area (Å²) in [4.78, 5) is 20.1. The van der Waals surface area contributed by atoms with Gasteiger partial charge < -0.3 is 9.64 Å². The summed E-state index contributed by atoms with van der Waals surface area (Å²) in [5.41, 5.74) is 0.0199. The van der Waals surface area contributed by atoms with E-state index in [1.54, 1.807) is 32.3 Å². The second kappa shape index (κ2) is 12.5. The number of halogens is 3. The van der Waals surface area contributed by atoms with Crippen molar-refractivity contribution in [3.63, 3.8) is 0 Å². The first kappa shape index (κ1) is 32.3. The van der Waals surface area contributed by atoms with Crippen LogP contribution in [0.5, 0.6) is 5.88 Å². The molecule has 1 aliphatic heterocycles. The van der Waals surface area contributed by atoms with Crippen LogP contribution in [0.2, 0.25) is 0 Å². The van der Waals surface area contributed by atoms with Gasteiger partial charge in [0.1, 0.15) is 10.7 Å². The van der Waals surface area contributed by atoms with E-state index < -0.39 is 28.5 Å². The van der Waals surface area contributed by atoms with Crippen molar-refractivity contribution >= 4 is 21.7 Å². The molecule has 0 aliphatic carbocycles. The number of pyridine rings is 1. The number of hydrogen-bond donors (Lipinski definition) is 1. The lowest BCUT2D eigenvalue weighted by atomic mass is 9.97. The van der Waals surface area contributed by atoms with Gasteiger partial charge >= 0.3 is 6.18 Å². The normalized spacial score (nSPS) is 16.9. The number of ether oxygens (including phenoxy) is 1. The van der Waals surface area contributed by atoms with E-state index >= 15 is 0 Å². The lowest BCUT2D eigenvalue weighted by molar-refractivity contribution is -0.135. The fourth-order valence-corrected chi connectivity index (χ4v) is 6.64. The zero-order valence-electron chi connectivity index (χ0n) is 25.0. The molecular formula is C28H38F3N7O4S. The third-order valence-electron chi connectivity index (χ3n) is 7.32. The summed E-state index contributed by atoms with van der Waals surface area (Å²) >= 11 is 0. The monoisotopic (exact) mass is 625 g/mol. The van der Waals surface area contributed by atoms with Crippen LogP contribution < -0.4 is 14.4 Å². The lowest BCUT2D eigenvalue weighted by Gasteiger charge is -2.34. The predicted octanol–water partition coefficient (Wildman–Crippen LogP) is 4.94. The first-order valence-corrected chi connectivity index (χ1v) is 15.7. The number of rotatable bonds is 12. The highest BCUT2D eigenvalue weighted by atomic mass is 32.2. The van der Waals surface area contributed by atoms with E-state index in [4.69, 9.17) is 9.72 Å². The molecule has 43 heavy (non-hydrogen) atoms. The first-order valence-electron chi connectivity index (χ1n) is 14.2. The van der Waals surface area contributed by atoms with Crippen LogP contribution in [-0.4, -0.2) is 63.7 Å². The Morgan fingerprint density at radius 3 is 2.49 bits per heavy atom. The summed E-state index contributed by atoms with van der Waals surface area (Å²) in [5, 5.41) is 8.47. The maximum absolute atomic E-state index is 13.5. The second-order valence-corrected chi connectivity index (χ2v) is 13.3. The van der Waals surface area contributed by atoms with Crippen LogP contribution in [0.3, 0.4) is 0 Å². The molecule has 0 unspecified atom stereocenters. The number of carbonyl (C=O) groups excluding carboxylic acids is 1. The Kier molecular flexibility index (Phi) is 9.42. The molecule has 3 aromatic heterocycles. The largest absolute Gasteiger partial charge is 0.477 e. The van der Waals surface area contributed by atoms with Crippen LogP contribution in [0.25, 0.3) is 5.82 Å². The Morgan fingerprint density at radius 1 is 1.14 bits per heavy atom. The molecule has 1 aliphatic rings. The van der Waals surface area contributed by atoms with Crippen LogP contribution in [0, 0.1) is 12.8 Å². The number of anilines is 1. The van der Waals surface area contributed by atoms with Crippen molar-refractivity contribution in [3.05, 3.63) is 41.9 Å². The minimum atomic E-state index is -4.19. The van der Waals surface area contributed by atoms with E-state index in [1.807, 2.05) is 18.7 Å². The molecule has 3 aromatic rings. The van der Waals surface area contributed by atoms with Crippen LogP contribution >= 0.6 is 0 Å². The summed E-state index contributed by atoms with van der Waals surface area (Å²) in [7, 11) is -2.60. The predicted molar refractivity (Wildman–Crippen MR) is 154 cm³/mol. The van der Waals surface area contributed by atoms with Crippen molar-refractivity contribution in [1.82, 2.24) is 29.3 Å². The summed E-state index contributed by atoms with van der Waals surface area (Å²) in [6.45, 7) is 8.68. The van der Waals surface area contributed by atoms with Gasteiger partial charge in [-0.05, 0) is 58.1 Å². The molecule has 236 valence electrons. The van der Waals surface area contributed by atoms with Crippen molar-refractivity contribution in [3.8, 4) is 11.7 Å². The van der Waals surface area contributed by atoms with Gasteiger partial charge in [-0.2, -0.15) is 18.3 Å². The summed E-state index contributed by atoms with van der Waals surface area (Å²) in [6, 6.07) is 4.75. The van der Waals surface area contributed by atoms with Gasteiger partial charge in [0.2, 0.25) is 5.88 Å². The molecule has 1 atom stereocenters. The average molecular weight is 626 g/mol. The molecule has 11 nitrogen and oxygen atoms in total. The fraction of sp³-hybridized carbons (Fsp3) is 0.571. The van der Waals surface area contributed by atoms with Gasteiger partial charge in [0.15, 0.2) is 5.82 Å². The summed E-state index contributed by atoms with van der Waals surface area (Å²) in [6.07, 6.45) is 0.719. The van der Waals surface area contributed by atoms with E-state index in [1.165, 1.54) is 21.6 Å². The van der Waals surface area contributed by atoms with E-state index in [0.29, 0.717) is 55.8 Å². The minimum Gasteiger partial charge on any atom is -0.477 e. The third-order valence-corrected chi connectivity index (χ3v) is 8.76. The van der Waals surface area contributed by atoms with Crippen molar-refractivity contribution in [2.75, 3.05) is 18.1 Å². The number of amides is 1. The number of alkyl halides is 3. The van der Waals surface area contributed by atoms with E-state index in [9.17, 15) is 26.4 Å². The van der Waals surface area contributed by atoms with Crippen molar-refractivity contribution in [1.29, 1.82) is 0 Å². The molecule has 4 heterocycles. The lowest BCUT2D eigenvalue weighted by Crippen LogP contribution is -2.41. The topological polar surface area (TPSA) is 124 Å². The van der Waals surface area contributed by atoms with Crippen molar-refractivity contribution in [2.45, 2.75) is 82.8 Å². The van der Waals surface area contributed by atoms with Gasteiger partial charge in [0.25, 0.3) is 15.9 Å². The van der Waals surface area contributed by atoms with Crippen LogP contribution in [0.1, 0.15) is 75.3 Å². The molecule has 0 bridgehead atoms. The molecule has 0 spiro atoms. The van der Waals surface area contributed by atoms with Gasteiger partial charge in [-0.15, -0.1) is 5.10 Å². The highest BCUT2D eigenvalue weighted by Crippen LogP contribution is 2.38. The smallest absolute Gasteiger partial charge is 0.389 e. The number of carbonyl (C=O) groups is 1. The third kappa shape index (κ3) is 8.06. The number of nitrogens with one attached hydrogen (secondary N) is 1. The zero-order valence-corrected chi connectivity index (χ0v) is 25.8. The molecule has 1 N–H and O–H groups in total. The zero-order chi connectivity index (χ0) is 31.6. The number of aryl methyl sites for hydroxylation is 2. The van der Waals surface area contributed by atoms with Crippen LogP contribution in [0.4, 0.5) is 19.0 Å². The molecule has 0 saturated carbocycles. The Labute approximate surface area is 249 Å². The van der Waals surface area contributed by atoms with Crippen LogP contribution in [-0.2, 0) is 17.1 Å². The molecule has 15 heteroatoms.